The van der Waals surface area contributed by atoms with Gasteiger partial charge in [-0.3, -0.25) is 9.48 Å². The van der Waals surface area contributed by atoms with Crippen molar-refractivity contribution < 1.29 is 9.53 Å². The number of hydrogen-bond acceptors (Lipinski definition) is 4. The van der Waals surface area contributed by atoms with Crippen LogP contribution in [-0.4, -0.2) is 15.7 Å². The van der Waals surface area contributed by atoms with Crippen molar-refractivity contribution in [3.63, 3.8) is 0 Å². The van der Waals surface area contributed by atoms with Crippen molar-refractivity contribution in [3.8, 4) is 5.75 Å². The third-order valence-electron chi connectivity index (χ3n) is 4.27. The average Bonchev–Trinajstić information content (AvgIpc) is 3.38. The van der Waals surface area contributed by atoms with Crippen molar-refractivity contribution in [1.82, 2.24) is 9.78 Å². The van der Waals surface area contributed by atoms with Gasteiger partial charge in [-0.1, -0.05) is 35.9 Å². The summed E-state index contributed by atoms with van der Waals surface area (Å²) in [5.41, 5.74) is 2.76. The van der Waals surface area contributed by atoms with Gasteiger partial charge in [0.2, 0.25) is 0 Å². The molecule has 0 saturated carbocycles. The van der Waals surface area contributed by atoms with Crippen LogP contribution < -0.4 is 10.1 Å². The molecule has 0 spiro atoms. The summed E-state index contributed by atoms with van der Waals surface area (Å²) < 4.78 is 8.52. The highest BCUT2D eigenvalue weighted by molar-refractivity contribution is 9.10. The van der Waals surface area contributed by atoms with Gasteiger partial charge in [-0.05, 0) is 57.2 Å². The lowest BCUT2D eigenvalue weighted by Gasteiger charge is -2.06. The van der Waals surface area contributed by atoms with Gasteiger partial charge in [0.25, 0.3) is 5.91 Å². The topological polar surface area (TPSA) is 56.2 Å². The van der Waals surface area contributed by atoms with E-state index in [4.69, 9.17) is 16.3 Å². The van der Waals surface area contributed by atoms with Crippen LogP contribution in [0.3, 0.4) is 0 Å². The summed E-state index contributed by atoms with van der Waals surface area (Å²) in [7, 11) is 0. The van der Waals surface area contributed by atoms with E-state index < -0.39 is 0 Å². The normalized spacial score (nSPS) is 10.7. The van der Waals surface area contributed by atoms with Gasteiger partial charge in [-0.25, -0.2) is 0 Å². The number of halogens is 2. The molecule has 2 aromatic heterocycles. The van der Waals surface area contributed by atoms with Crippen LogP contribution in [0.5, 0.6) is 5.75 Å². The van der Waals surface area contributed by atoms with Crippen LogP contribution >= 0.6 is 38.9 Å². The van der Waals surface area contributed by atoms with Gasteiger partial charge in [0.05, 0.1) is 27.1 Å². The first kappa shape index (κ1) is 20.7. The zero-order valence-electron chi connectivity index (χ0n) is 15.7. The molecule has 0 aliphatic heterocycles. The molecule has 2 aromatic carbocycles. The first-order valence-corrected chi connectivity index (χ1v) is 11.1. The number of hydrogen-bond donors (Lipinski definition) is 1. The maximum atomic E-state index is 12.6. The standard InChI is InChI=1S/C22H17BrClN3O2S/c23-17-10-25-27(12-17)11-15-5-7-18(8-6-15)26-22(28)21-9-16(14-30-21)13-29-20-4-2-1-3-19(20)24/h1-10,12,14H,11,13H2,(H,26,28). The Morgan fingerprint density at radius 2 is 1.97 bits per heavy atom. The number of carbonyl (C=O) groups is 1. The Bertz CT molecular complexity index is 1160. The lowest BCUT2D eigenvalue weighted by atomic mass is 10.2. The Balaban J connectivity index is 1.33. The Kier molecular flexibility index (Phi) is 6.52. The molecular weight excluding hydrogens is 486 g/mol. The Labute approximate surface area is 191 Å². The summed E-state index contributed by atoms with van der Waals surface area (Å²) in [4.78, 5) is 13.2. The molecule has 2 heterocycles. The summed E-state index contributed by atoms with van der Waals surface area (Å²) >= 11 is 10.9. The van der Waals surface area contributed by atoms with Crippen LogP contribution in [0.2, 0.25) is 5.02 Å². The second-order valence-electron chi connectivity index (χ2n) is 6.55. The van der Waals surface area contributed by atoms with E-state index in [1.807, 2.05) is 64.8 Å². The minimum atomic E-state index is -0.146. The molecule has 0 fully saturated rings. The molecular formula is C22H17BrClN3O2S. The molecule has 0 saturated heterocycles. The van der Waals surface area contributed by atoms with E-state index >= 15 is 0 Å². The van der Waals surface area contributed by atoms with Crippen LogP contribution in [0.25, 0.3) is 0 Å². The fourth-order valence-corrected chi connectivity index (χ4v) is 4.10. The van der Waals surface area contributed by atoms with Gasteiger partial charge < -0.3 is 10.1 Å². The molecule has 152 valence electrons. The molecule has 5 nitrogen and oxygen atoms in total. The third kappa shape index (κ3) is 5.30. The van der Waals surface area contributed by atoms with Crippen molar-refractivity contribution in [2.75, 3.05) is 5.32 Å². The number of anilines is 1. The molecule has 0 atom stereocenters. The SMILES string of the molecule is O=C(Nc1ccc(Cn2cc(Br)cn2)cc1)c1cc(COc2ccccc2Cl)cs1. The predicted octanol–water partition coefficient (Wildman–Crippen LogP) is 6.24. The minimum Gasteiger partial charge on any atom is -0.487 e. The maximum Gasteiger partial charge on any atom is 0.265 e. The minimum absolute atomic E-state index is 0.146. The largest absolute Gasteiger partial charge is 0.487 e. The molecule has 0 bridgehead atoms. The van der Waals surface area contributed by atoms with Crippen LogP contribution in [0, 0.1) is 0 Å². The monoisotopic (exact) mass is 501 g/mol. The molecule has 8 heteroatoms. The Morgan fingerprint density at radius 1 is 1.17 bits per heavy atom. The summed E-state index contributed by atoms with van der Waals surface area (Å²) in [5.74, 6) is 0.478. The molecule has 4 aromatic rings. The van der Waals surface area contributed by atoms with E-state index in [0.29, 0.717) is 28.8 Å². The number of ether oxygens (including phenoxy) is 1. The number of benzene rings is 2. The van der Waals surface area contributed by atoms with Crippen LogP contribution in [0.1, 0.15) is 20.8 Å². The average molecular weight is 503 g/mol. The van der Waals surface area contributed by atoms with Crippen molar-refractivity contribution in [2.45, 2.75) is 13.2 Å². The van der Waals surface area contributed by atoms with E-state index in [2.05, 4.69) is 26.3 Å². The predicted molar refractivity (Wildman–Crippen MR) is 124 cm³/mol. The Hall–Kier alpha value is -2.61. The number of rotatable bonds is 7. The third-order valence-corrected chi connectivity index (χ3v) is 5.97. The van der Waals surface area contributed by atoms with Gasteiger partial charge in [0.15, 0.2) is 0 Å². The van der Waals surface area contributed by atoms with Crippen molar-refractivity contribution in [3.05, 3.63) is 97.9 Å². The van der Waals surface area contributed by atoms with Crippen molar-refractivity contribution >= 4 is 50.5 Å². The zero-order chi connectivity index (χ0) is 20.9. The number of amides is 1. The number of thiophene rings is 1. The van der Waals surface area contributed by atoms with E-state index in [1.165, 1.54) is 11.3 Å². The fraction of sp³-hybridized carbons (Fsp3) is 0.0909. The van der Waals surface area contributed by atoms with E-state index in [1.54, 1.807) is 12.3 Å². The molecule has 4 rings (SSSR count). The van der Waals surface area contributed by atoms with Gasteiger partial charge in [-0.2, -0.15) is 5.10 Å². The van der Waals surface area contributed by atoms with Crippen LogP contribution in [0.15, 0.2) is 76.8 Å². The summed E-state index contributed by atoms with van der Waals surface area (Å²) in [6.45, 7) is 1.02. The van der Waals surface area contributed by atoms with E-state index in [0.717, 1.165) is 21.3 Å². The highest BCUT2D eigenvalue weighted by Gasteiger charge is 2.11. The smallest absolute Gasteiger partial charge is 0.265 e. The maximum absolute atomic E-state index is 12.6. The molecule has 1 amide bonds. The molecule has 0 radical (unpaired) electrons. The van der Waals surface area contributed by atoms with Crippen molar-refractivity contribution in [1.29, 1.82) is 0 Å². The fourth-order valence-electron chi connectivity index (χ4n) is 2.79. The van der Waals surface area contributed by atoms with Gasteiger partial charge in [0, 0.05) is 17.4 Å². The van der Waals surface area contributed by atoms with Crippen LogP contribution in [-0.2, 0) is 13.2 Å². The van der Waals surface area contributed by atoms with Gasteiger partial charge in [0.1, 0.15) is 12.4 Å². The second kappa shape index (κ2) is 9.47. The number of carbonyl (C=O) groups excluding carboxylic acids is 1. The Morgan fingerprint density at radius 3 is 2.70 bits per heavy atom. The lowest BCUT2D eigenvalue weighted by molar-refractivity contribution is 0.103. The number of aromatic nitrogens is 2. The van der Waals surface area contributed by atoms with Crippen molar-refractivity contribution in [2.24, 2.45) is 0 Å². The number of nitrogens with one attached hydrogen (secondary N) is 1. The molecule has 0 unspecified atom stereocenters. The highest BCUT2D eigenvalue weighted by Crippen LogP contribution is 2.25. The van der Waals surface area contributed by atoms with Gasteiger partial charge >= 0.3 is 0 Å². The lowest BCUT2D eigenvalue weighted by Crippen LogP contribution is -2.10. The second-order valence-corrected chi connectivity index (χ2v) is 8.78. The molecule has 30 heavy (non-hydrogen) atoms. The summed E-state index contributed by atoms with van der Waals surface area (Å²) in [6, 6.07) is 16.9. The quantitative estimate of drug-likeness (QED) is 0.325. The number of nitrogens with zero attached hydrogens (tertiary/aromatic N) is 2. The van der Waals surface area contributed by atoms with Crippen LogP contribution in [0.4, 0.5) is 5.69 Å². The molecule has 0 aliphatic rings. The first-order chi connectivity index (χ1) is 14.6. The van der Waals surface area contributed by atoms with E-state index in [-0.39, 0.29) is 5.91 Å². The first-order valence-electron chi connectivity index (χ1n) is 9.10. The number of para-hydroxylation sites is 1. The molecule has 1 N–H and O–H groups in total. The zero-order valence-corrected chi connectivity index (χ0v) is 18.9. The summed E-state index contributed by atoms with van der Waals surface area (Å²) in [5, 5.41) is 9.65. The summed E-state index contributed by atoms with van der Waals surface area (Å²) in [6.07, 6.45) is 3.67. The molecule has 0 aliphatic carbocycles. The van der Waals surface area contributed by atoms with E-state index in [9.17, 15) is 4.79 Å². The highest BCUT2D eigenvalue weighted by atomic mass is 79.9. The van der Waals surface area contributed by atoms with Gasteiger partial charge in [-0.15, -0.1) is 11.3 Å².